The van der Waals surface area contributed by atoms with Crippen molar-refractivity contribution >= 4 is 85.5 Å². The Bertz CT molecular complexity index is 856. The second-order valence-electron chi connectivity index (χ2n) is 3.80. The molecule has 0 aliphatic rings. The van der Waals surface area contributed by atoms with E-state index in [1.165, 1.54) is 0 Å². The average molecular weight is 622 g/mol. The fraction of sp³-hybridized carbons (Fsp3) is 0. The van der Waals surface area contributed by atoms with Gasteiger partial charge in [0.1, 0.15) is 8.95 Å². The third-order valence-electron chi connectivity index (χ3n) is 2.03. The summed E-state index contributed by atoms with van der Waals surface area (Å²) in [5, 5.41) is 16.8. The molecule has 0 N–H and O–H groups in total. The number of halogens is 4. The van der Waals surface area contributed by atoms with Gasteiger partial charge in [-0.25, -0.2) is 0 Å². The molecule has 2 rings (SSSR count). The SMILES string of the molecule is N#[N+]c1cc(Br)ccc1Br.N#[N+]c1cc(Br)ccc1Br.O=S(=O)([O-])[O-]. The summed E-state index contributed by atoms with van der Waals surface area (Å²) < 4.78 is 37.4. The van der Waals surface area contributed by atoms with Gasteiger partial charge in [0.05, 0.1) is 0 Å². The van der Waals surface area contributed by atoms with Crippen LogP contribution in [0, 0.1) is 10.8 Å². The summed E-state index contributed by atoms with van der Waals surface area (Å²) in [6, 6.07) is 10.8. The number of nitrogens with zero attached hydrogens (tertiary/aromatic N) is 4. The van der Waals surface area contributed by atoms with Gasteiger partial charge in [0.2, 0.25) is 10.8 Å². The molecule has 2 aromatic carbocycles. The molecule has 0 saturated carbocycles. The van der Waals surface area contributed by atoms with Crippen LogP contribution in [-0.4, -0.2) is 17.5 Å². The summed E-state index contributed by atoms with van der Waals surface area (Å²) in [6.45, 7) is 0. The molecule has 13 heteroatoms. The number of benzene rings is 2. The maximum Gasteiger partial charge on any atom is 0.400 e. The Morgan fingerprint density at radius 2 is 1.04 bits per heavy atom. The Balaban J connectivity index is 0.000000368. The maximum absolute atomic E-state index is 8.52. The summed E-state index contributed by atoms with van der Waals surface area (Å²) in [5.74, 6) is 0. The van der Waals surface area contributed by atoms with Crippen LogP contribution < -0.4 is 0 Å². The zero-order valence-electron chi connectivity index (χ0n) is 11.8. The summed E-state index contributed by atoms with van der Waals surface area (Å²) >= 11 is 12.9. The lowest BCUT2D eigenvalue weighted by Crippen LogP contribution is -1.91. The first kappa shape index (κ1) is 24.1. The first-order chi connectivity index (χ1) is 11.5. The van der Waals surface area contributed by atoms with Gasteiger partial charge in [-0.05, 0) is 56.1 Å². The number of hydrogen-bond donors (Lipinski definition) is 0. The molecule has 0 bridgehead atoms. The zero-order valence-corrected chi connectivity index (χ0v) is 19.0. The molecular weight excluding hydrogens is 616 g/mol. The molecule has 0 radical (unpaired) electrons. The van der Waals surface area contributed by atoms with Crippen molar-refractivity contribution in [1.82, 2.24) is 0 Å². The molecular formula is C12H6Br4N4O4S. The summed E-state index contributed by atoms with van der Waals surface area (Å²) in [7, 11) is -5.17. The minimum atomic E-state index is -5.17. The maximum atomic E-state index is 8.52. The van der Waals surface area contributed by atoms with E-state index in [1.807, 2.05) is 12.1 Å². The Morgan fingerprint density at radius 1 is 0.760 bits per heavy atom. The van der Waals surface area contributed by atoms with E-state index in [0.717, 1.165) is 17.9 Å². The van der Waals surface area contributed by atoms with Crippen LogP contribution in [0.5, 0.6) is 0 Å². The predicted molar refractivity (Wildman–Crippen MR) is 104 cm³/mol. The highest BCUT2D eigenvalue weighted by molar-refractivity contribution is 9.11. The van der Waals surface area contributed by atoms with Crippen LogP contribution in [0.4, 0.5) is 11.4 Å². The Hall–Kier alpha value is -0.930. The molecule has 0 spiro atoms. The highest BCUT2D eigenvalue weighted by atomic mass is 79.9. The van der Waals surface area contributed by atoms with Gasteiger partial charge in [-0.1, -0.05) is 31.9 Å². The van der Waals surface area contributed by atoms with Gasteiger partial charge in [-0.15, -0.1) is 0 Å². The molecule has 0 fully saturated rings. The van der Waals surface area contributed by atoms with E-state index in [4.69, 9.17) is 28.3 Å². The second-order valence-corrected chi connectivity index (χ2v) is 8.16. The lowest BCUT2D eigenvalue weighted by molar-refractivity contribution is 0.352. The normalized spacial score (nSPS) is 9.44. The van der Waals surface area contributed by atoms with Crippen LogP contribution in [0.1, 0.15) is 0 Å². The van der Waals surface area contributed by atoms with Crippen LogP contribution in [0.3, 0.4) is 0 Å². The minimum Gasteiger partial charge on any atom is -0.759 e. The predicted octanol–water partition coefficient (Wildman–Crippen LogP) is 6.05. The van der Waals surface area contributed by atoms with E-state index in [2.05, 4.69) is 73.7 Å². The quantitative estimate of drug-likeness (QED) is 0.199. The standard InChI is InChI=1S/2C6H3Br2N2.H2O4S/c2*7-4-1-2-5(8)6(3-4)10-9;1-5(2,3)4/h2*1-3H;(H2,1,2,3,4)/q2*+1;/p-2. The van der Waals surface area contributed by atoms with E-state index in [0.29, 0.717) is 11.4 Å². The van der Waals surface area contributed by atoms with Crippen molar-refractivity contribution in [2.45, 2.75) is 0 Å². The van der Waals surface area contributed by atoms with E-state index in [1.54, 1.807) is 24.3 Å². The van der Waals surface area contributed by atoms with Gasteiger partial charge in [0.15, 0.2) is 9.95 Å². The number of rotatable bonds is 0. The zero-order chi connectivity index (χ0) is 19.6. The van der Waals surface area contributed by atoms with E-state index in [-0.39, 0.29) is 0 Å². The van der Waals surface area contributed by atoms with Gasteiger partial charge in [-0.3, -0.25) is 8.42 Å². The minimum absolute atomic E-state index is 0.523. The molecule has 0 atom stereocenters. The van der Waals surface area contributed by atoms with Crippen molar-refractivity contribution < 1.29 is 17.5 Å². The second kappa shape index (κ2) is 11.6. The third kappa shape index (κ3) is 12.1. The van der Waals surface area contributed by atoms with Crippen LogP contribution >= 0.6 is 63.7 Å². The van der Waals surface area contributed by atoms with Crippen molar-refractivity contribution in [3.05, 3.63) is 64.2 Å². The lowest BCUT2D eigenvalue weighted by atomic mass is 10.3. The van der Waals surface area contributed by atoms with Gasteiger partial charge in [-0.2, -0.15) is 0 Å². The molecule has 0 aliphatic carbocycles. The summed E-state index contributed by atoms with van der Waals surface area (Å²) in [5.41, 5.74) is 1.05. The topological polar surface area (TPSA) is 137 Å². The Kier molecular flexibility index (Phi) is 11.2. The number of hydrogen-bond acceptors (Lipinski definition) is 6. The van der Waals surface area contributed by atoms with Crippen LogP contribution in [0.2, 0.25) is 0 Å². The Labute approximate surface area is 177 Å². The molecule has 0 aliphatic heterocycles. The molecule has 8 nitrogen and oxygen atoms in total. The molecule has 0 heterocycles. The van der Waals surface area contributed by atoms with Crippen molar-refractivity contribution in [3.8, 4) is 0 Å². The highest BCUT2D eigenvalue weighted by Crippen LogP contribution is 2.29. The highest BCUT2D eigenvalue weighted by Gasteiger charge is 2.10. The third-order valence-corrected chi connectivity index (χ3v) is 4.36. The first-order valence-electron chi connectivity index (χ1n) is 5.75. The summed E-state index contributed by atoms with van der Waals surface area (Å²) in [4.78, 5) is 6.11. The van der Waals surface area contributed by atoms with Crippen molar-refractivity contribution in [1.29, 1.82) is 10.8 Å². The smallest absolute Gasteiger partial charge is 0.400 e. The van der Waals surface area contributed by atoms with Crippen LogP contribution in [0.25, 0.3) is 9.95 Å². The molecule has 0 saturated heterocycles. The van der Waals surface area contributed by atoms with Gasteiger partial charge in [0.25, 0.3) is 0 Å². The largest absolute Gasteiger partial charge is 0.759 e. The molecule has 0 amide bonds. The molecule has 132 valence electrons. The fourth-order valence-electron chi connectivity index (χ4n) is 1.12. The van der Waals surface area contributed by atoms with Gasteiger partial charge in [0, 0.05) is 31.5 Å². The van der Waals surface area contributed by atoms with Gasteiger partial charge >= 0.3 is 11.4 Å². The fourth-order valence-corrected chi connectivity index (χ4v) is 2.47. The van der Waals surface area contributed by atoms with Crippen molar-refractivity contribution in [2.24, 2.45) is 0 Å². The van der Waals surface area contributed by atoms with E-state index >= 15 is 0 Å². The average Bonchev–Trinajstić information content (AvgIpc) is 2.51. The van der Waals surface area contributed by atoms with Crippen LogP contribution in [0.15, 0.2) is 54.3 Å². The molecule has 0 unspecified atom stereocenters. The lowest BCUT2D eigenvalue weighted by Gasteiger charge is -2.06. The van der Waals surface area contributed by atoms with E-state index < -0.39 is 10.4 Å². The van der Waals surface area contributed by atoms with Crippen molar-refractivity contribution in [3.63, 3.8) is 0 Å². The monoisotopic (exact) mass is 618 g/mol. The molecule has 2 aromatic rings. The molecule has 25 heavy (non-hydrogen) atoms. The van der Waals surface area contributed by atoms with Gasteiger partial charge < -0.3 is 9.11 Å². The molecule has 0 aromatic heterocycles. The van der Waals surface area contributed by atoms with Crippen LogP contribution in [-0.2, 0) is 10.4 Å². The Morgan fingerprint density at radius 3 is 1.24 bits per heavy atom. The van der Waals surface area contributed by atoms with E-state index in [9.17, 15) is 0 Å². The summed E-state index contributed by atoms with van der Waals surface area (Å²) in [6.07, 6.45) is 0. The van der Waals surface area contributed by atoms with Crippen molar-refractivity contribution in [2.75, 3.05) is 0 Å². The number of diazo groups is 2. The first-order valence-corrected chi connectivity index (χ1v) is 10.3.